The van der Waals surface area contributed by atoms with Crippen LogP contribution in [-0.4, -0.2) is 44.7 Å². The smallest absolute Gasteiger partial charge is 0.242 e. The number of carbonyl (C=O) groups excluding carboxylic acids is 1. The van der Waals surface area contributed by atoms with Crippen LogP contribution in [0.3, 0.4) is 0 Å². The minimum absolute atomic E-state index is 0. The molecule has 2 N–H and O–H groups in total. The Labute approximate surface area is 106 Å². The second kappa shape index (κ2) is 6.51. The average molecular weight is 261 g/mol. The van der Waals surface area contributed by atoms with E-state index in [1.807, 2.05) is 0 Å². The van der Waals surface area contributed by atoms with Crippen molar-refractivity contribution in [3.05, 3.63) is 6.33 Å². The van der Waals surface area contributed by atoms with Crippen molar-refractivity contribution in [3.63, 3.8) is 0 Å². The lowest BCUT2D eigenvalue weighted by molar-refractivity contribution is -0.122. The number of piperidine rings is 1. The topological polar surface area (TPSA) is 84.7 Å². The van der Waals surface area contributed by atoms with Gasteiger partial charge in [-0.15, -0.1) is 17.5 Å². The van der Waals surface area contributed by atoms with Crippen LogP contribution in [0.25, 0.3) is 0 Å². The first-order valence-electron chi connectivity index (χ1n) is 5.49. The minimum Gasteiger partial charge on any atom is -0.350 e. The minimum atomic E-state index is -0.0483. The van der Waals surface area contributed by atoms with Crippen molar-refractivity contribution in [2.45, 2.75) is 38.4 Å². The van der Waals surface area contributed by atoms with Gasteiger partial charge in [0.15, 0.2) is 0 Å². The number of tetrazole rings is 1. The highest BCUT2D eigenvalue weighted by atomic mass is 35.5. The van der Waals surface area contributed by atoms with Gasteiger partial charge >= 0.3 is 0 Å². The van der Waals surface area contributed by atoms with E-state index in [0.29, 0.717) is 6.04 Å². The van der Waals surface area contributed by atoms with Gasteiger partial charge in [-0.2, -0.15) is 0 Å². The molecule has 0 aromatic carbocycles. The van der Waals surface area contributed by atoms with Crippen molar-refractivity contribution in [2.75, 3.05) is 6.54 Å². The van der Waals surface area contributed by atoms with Crippen molar-refractivity contribution in [1.82, 2.24) is 30.8 Å². The maximum Gasteiger partial charge on any atom is 0.242 e. The molecule has 1 amide bonds. The van der Waals surface area contributed by atoms with Gasteiger partial charge in [0, 0.05) is 12.1 Å². The molecule has 2 unspecified atom stereocenters. The van der Waals surface area contributed by atoms with Gasteiger partial charge in [-0.05, 0) is 36.7 Å². The van der Waals surface area contributed by atoms with Gasteiger partial charge in [-0.3, -0.25) is 4.79 Å². The molecule has 0 radical (unpaired) electrons. The van der Waals surface area contributed by atoms with Crippen molar-refractivity contribution in [3.8, 4) is 0 Å². The molecule has 2 heterocycles. The van der Waals surface area contributed by atoms with E-state index < -0.39 is 0 Å². The summed E-state index contributed by atoms with van der Waals surface area (Å²) in [5.41, 5.74) is 0. The van der Waals surface area contributed by atoms with Crippen LogP contribution >= 0.6 is 12.4 Å². The molecule has 96 valence electrons. The molecule has 7 nitrogen and oxygen atoms in total. The molecule has 1 aliphatic rings. The predicted octanol–water partition coefficient (Wildman–Crippen LogP) is -0.648. The van der Waals surface area contributed by atoms with Crippen molar-refractivity contribution in [1.29, 1.82) is 0 Å². The van der Waals surface area contributed by atoms with Crippen LogP contribution in [0.1, 0.15) is 19.8 Å². The first-order valence-corrected chi connectivity index (χ1v) is 5.49. The van der Waals surface area contributed by atoms with Gasteiger partial charge in [-0.1, -0.05) is 0 Å². The Morgan fingerprint density at radius 1 is 1.65 bits per heavy atom. The van der Waals surface area contributed by atoms with Crippen molar-refractivity contribution >= 4 is 18.3 Å². The lowest BCUT2D eigenvalue weighted by atomic mass is 10.00. The molecule has 1 fully saturated rings. The average Bonchev–Trinajstić information content (AvgIpc) is 2.74. The van der Waals surface area contributed by atoms with Gasteiger partial charge in [0.1, 0.15) is 12.9 Å². The van der Waals surface area contributed by atoms with Crippen LogP contribution in [-0.2, 0) is 11.3 Å². The van der Waals surface area contributed by atoms with Crippen LogP contribution in [0.2, 0.25) is 0 Å². The molecule has 0 bridgehead atoms. The molecule has 0 spiro atoms. The van der Waals surface area contributed by atoms with E-state index in [2.05, 4.69) is 33.1 Å². The van der Waals surface area contributed by atoms with Crippen LogP contribution in [0.5, 0.6) is 0 Å². The van der Waals surface area contributed by atoms with Crippen LogP contribution in [0, 0.1) is 0 Å². The third-order valence-electron chi connectivity index (χ3n) is 2.81. The number of hydrogen-bond donors (Lipinski definition) is 2. The zero-order valence-corrected chi connectivity index (χ0v) is 10.5. The van der Waals surface area contributed by atoms with E-state index in [1.54, 1.807) is 0 Å². The number of carbonyl (C=O) groups is 1. The van der Waals surface area contributed by atoms with Gasteiger partial charge in [0.2, 0.25) is 5.91 Å². The Hall–Kier alpha value is -1.21. The maximum absolute atomic E-state index is 11.7. The first kappa shape index (κ1) is 13.9. The number of rotatable bonds is 3. The SMILES string of the molecule is CC1NCCCC1NC(=O)Cn1cnnn1.Cl. The lowest BCUT2D eigenvalue weighted by Crippen LogP contribution is -2.52. The highest BCUT2D eigenvalue weighted by Gasteiger charge is 2.22. The number of nitrogens with one attached hydrogen (secondary N) is 2. The molecule has 2 atom stereocenters. The second-order valence-electron chi connectivity index (χ2n) is 4.07. The van der Waals surface area contributed by atoms with E-state index in [9.17, 15) is 4.79 Å². The summed E-state index contributed by atoms with van der Waals surface area (Å²) in [6.07, 6.45) is 3.55. The molecule has 0 saturated carbocycles. The van der Waals surface area contributed by atoms with Gasteiger partial charge in [-0.25, -0.2) is 4.68 Å². The highest BCUT2D eigenvalue weighted by molar-refractivity contribution is 5.85. The second-order valence-corrected chi connectivity index (χ2v) is 4.07. The number of nitrogens with zero attached hydrogens (tertiary/aromatic N) is 4. The molecular weight excluding hydrogens is 244 g/mol. The Bertz CT molecular complexity index is 343. The van der Waals surface area contributed by atoms with E-state index in [4.69, 9.17) is 0 Å². The number of aromatic nitrogens is 4. The van der Waals surface area contributed by atoms with E-state index in [0.717, 1.165) is 19.4 Å². The quantitative estimate of drug-likeness (QED) is 0.755. The highest BCUT2D eigenvalue weighted by Crippen LogP contribution is 2.07. The monoisotopic (exact) mass is 260 g/mol. The normalized spacial score (nSPS) is 23.8. The Balaban J connectivity index is 0.00000144. The zero-order valence-electron chi connectivity index (χ0n) is 9.67. The summed E-state index contributed by atoms with van der Waals surface area (Å²) in [6, 6.07) is 0.532. The first-order chi connectivity index (χ1) is 7.75. The fraction of sp³-hybridized carbons (Fsp3) is 0.778. The van der Waals surface area contributed by atoms with Crippen molar-refractivity contribution < 1.29 is 4.79 Å². The molecule has 8 heteroatoms. The van der Waals surface area contributed by atoms with E-state index >= 15 is 0 Å². The standard InChI is InChI=1S/C9H16N6O.ClH/c1-7-8(3-2-4-10-7)12-9(16)5-15-6-11-13-14-15;/h6-8,10H,2-5H2,1H3,(H,12,16);1H. The number of hydrogen-bond acceptors (Lipinski definition) is 5. The number of halogens is 1. The Kier molecular flexibility index (Phi) is 5.30. The Morgan fingerprint density at radius 3 is 3.12 bits per heavy atom. The summed E-state index contributed by atoms with van der Waals surface area (Å²) in [6.45, 7) is 3.29. The van der Waals surface area contributed by atoms with E-state index in [1.165, 1.54) is 11.0 Å². The van der Waals surface area contributed by atoms with Crippen LogP contribution in [0.15, 0.2) is 6.33 Å². The molecule has 1 aliphatic heterocycles. The van der Waals surface area contributed by atoms with Crippen LogP contribution < -0.4 is 10.6 Å². The fourth-order valence-electron chi connectivity index (χ4n) is 1.89. The summed E-state index contributed by atoms with van der Waals surface area (Å²) < 4.78 is 1.41. The predicted molar refractivity (Wildman–Crippen MR) is 63.7 cm³/mol. The maximum atomic E-state index is 11.7. The Morgan fingerprint density at radius 2 is 2.47 bits per heavy atom. The fourth-order valence-corrected chi connectivity index (χ4v) is 1.89. The van der Waals surface area contributed by atoms with Crippen LogP contribution in [0.4, 0.5) is 0 Å². The molecule has 17 heavy (non-hydrogen) atoms. The third-order valence-corrected chi connectivity index (χ3v) is 2.81. The van der Waals surface area contributed by atoms with E-state index in [-0.39, 0.29) is 30.9 Å². The zero-order chi connectivity index (χ0) is 11.4. The molecular formula is C9H17ClN6O. The molecule has 0 aliphatic carbocycles. The summed E-state index contributed by atoms with van der Waals surface area (Å²) >= 11 is 0. The number of amides is 1. The molecule has 2 rings (SSSR count). The largest absolute Gasteiger partial charge is 0.350 e. The molecule has 1 saturated heterocycles. The summed E-state index contributed by atoms with van der Waals surface area (Å²) in [7, 11) is 0. The summed E-state index contributed by atoms with van der Waals surface area (Å²) in [4.78, 5) is 11.7. The van der Waals surface area contributed by atoms with Gasteiger partial charge in [0.25, 0.3) is 0 Å². The summed E-state index contributed by atoms with van der Waals surface area (Å²) in [5, 5.41) is 16.9. The third kappa shape index (κ3) is 3.94. The van der Waals surface area contributed by atoms with Gasteiger partial charge in [0.05, 0.1) is 0 Å². The molecule has 1 aromatic rings. The van der Waals surface area contributed by atoms with Crippen molar-refractivity contribution in [2.24, 2.45) is 0 Å². The molecule has 1 aromatic heterocycles. The lowest BCUT2D eigenvalue weighted by Gasteiger charge is -2.30. The van der Waals surface area contributed by atoms with Gasteiger partial charge < -0.3 is 10.6 Å². The summed E-state index contributed by atoms with van der Waals surface area (Å²) in [5.74, 6) is -0.0483.